The van der Waals surface area contributed by atoms with Crippen molar-refractivity contribution in [3.8, 4) is 11.5 Å². The van der Waals surface area contributed by atoms with Gasteiger partial charge in [0.15, 0.2) is 11.5 Å². The summed E-state index contributed by atoms with van der Waals surface area (Å²) in [6, 6.07) is 12.1. The minimum absolute atomic E-state index is 0.488. The first-order valence-electron chi connectivity index (χ1n) is 9.39. The fraction of sp³-hybridized carbons (Fsp3) is 0.455. The van der Waals surface area contributed by atoms with Crippen LogP contribution in [0.5, 0.6) is 11.5 Å². The third-order valence-corrected chi connectivity index (χ3v) is 4.72. The summed E-state index contributed by atoms with van der Waals surface area (Å²) in [6.45, 7) is 6.53. The maximum atomic E-state index is 6.45. The molecule has 0 spiro atoms. The van der Waals surface area contributed by atoms with E-state index in [0.29, 0.717) is 23.1 Å². The Morgan fingerprint density at radius 3 is 2.46 bits per heavy atom. The normalized spacial score (nSPS) is 10.8. The van der Waals surface area contributed by atoms with E-state index in [4.69, 9.17) is 21.1 Å². The fourth-order valence-electron chi connectivity index (χ4n) is 2.73. The molecule has 0 aromatic heterocycles. The standard InChI is InChI=1S/C22H30ClNO2/c1-4-5-6-7-12-24-15-19-13-21(25-3)22(14-20(19)23)26-16-18-10-8-17(2)9-11-18/h8-11,13-14,24H,4-7,12,15-16H2,1-3H3. The molecule has 142 valence electrons. The van der Waals surface area contributed by atoms with Crippen LogP contribution in [-0.2, 0) is 13.2 Å². The van der Waals surface area contributed by atoms with Gasteiger partial charge in [-0.15, -0.1) is 0 Å². The Balaban J connectivity index is 1.93. The van der Waals surface area contributed by atoms with Crippen molar-refractivity contribution in [1.82, 2.24) is 5.32 Å². The van der Waals surface area contributed by atoms with Gasteiger partial charge in [-0.05, 0) is 37.1 Å². The number of unbranched alkanes of at least 4 members (excludes halogenated alkanes) is 3. The maximum Gasteiger partial charge on any atom is 0.163 e. The van der Waals surface area contributed by atoms with Gasteiger partial charge < -0.3 is 14.8 Å². The number of hydrogen-bond acceptors (Lipinski definition) is 3. The lowest BCUT2D eigenvalue weighted by atomic mass is 10.1. The fourth-order valence-corrected chi connectivity index (χ4v) is 2.95. The number of hydrogen-bond donors (Lipinski definition) is 1. The molecule has 0 amide bonds. The smallest absolute Gasteiger partial charge is 0.163 e. The predicted octanol–water partition coefficient (Wildman–Crippen LogP) is 5.91. The van der Waals surface area contributed by atoms with Gasteiger partial charge in [0.1, 0.15) is 6.61 Å². The Labute approximate surface area is 162 Å². The van der Waals surface area contributed by atoms with Crippen LogP contribution in [0, 0.1) is 6.92 Å². The van der Waals surface area contributed by atoms with Crippen LogP contribution in [0.4, 0.5) is 0 Å². The molecule has 0 heterocycles. The summed E-state index contributed by atoms with van der Waals surface area (Å²) in [5.41, 5.74) is 3.38. The molecule has 2 aromatic carbocycles. The molecule has 1 N–H and O–H groups in total. The number of benzene rings is 2. The topological polar surface area (TPSA) is 30.5 Å². The average Bonchev–Trinajstić information content (AvgIpc) is 2.65. The van der Waals surface area contributed by atoms with Gasteiger partial charge in [-0.1, -0.05) is 67.6 Å². The van der Waals surface area contributed by atoms with Crippen molar-refractivity contribution in [2.45, 2.75) is 52.7 Å². The number of rotatable bonds is 11. The van der Waals surface area contributed by atoms with Crippen molar-refractivity contribution in [2.75, 3.05) is 13.7 Å². The Bertz CT molecular complexity index is 671. The van der Waals surface area contributed by atoms with E-state index < -0.39 is 0 Å². The molecule has 0 bridgehead atoms. The van der Waals surface area contributed by atoms with E-state index in [2.05, 4.69) is 43.4 Å². The minimum Gasteiger partial charge on any atom is -0.493 e. The van der Waals surface area contributed by atoms with Gasteiger partial charge in [0, 0.05) is 17.6 Å². The molecule has 3 nitrogen and oxygen atoms in total. The van der Waals surface area contributed by atoms with Crippen LogP contribution in [0.3, 0.4) is 0 Å². The van der Waals surface area contributed by atoms with Crippen molar-refractivity contribution in [1.29, 1.82) is 0 Å². The van der Waals surface area contributed by atoms with Gasteiger partial charge >= 0.3 is 0 Å². The van der Waals surface area contributed by atoms with E-state index in [9.17, 15) is 0 Å². The molecular weight excluding hydrogens is 346 g/mol. The number of halogens is 1. The van der Waals surface area contributed by atoms with Gasteiger partial charge in [-0.3, -0.25) is 0 Å². The summed E-state index contributed by atoms with van der Waals surface area (Å²) in [4.78, 5) is 0. The maximum absolute atomic E-state index is 6.45. The summed E-state index contributed by atoms with van der Waals surface area (Å²) in [6.07, 6.45) is 5.02. The van der Waals surface area contributed by atoms with Crippen molar-refractivity contribution >= 4 is 11.6 Å². The molecule has 0 aliphatic rings. The summed E-state index contributed by atoms with van der Waals surface area (Å²) >= 11 is 6.45. The lowest BCUT2D eigenvalue weighted by Gasteiger charge is -2.14. The van der Waals surface area contributed by atoms with Crippen molar-refractivity contribution in [2.24, 2.45) is 0 Å². The lowest BCUT2D eigenvalue weighted by molar-refractivity contribution is 0.284. The van der Waals surface area contributed by atoms with Crippen molar-refractivity contribution in [3.05, 3.63) is 58.1 Å². The second-order valence-corrected chi connectivity index (χ2v) is 7.01. The number of methoxy groups -OCH3 is 1. The molecule has 0 saturated carbocycles. The zero-order chi connectivity index (χ0) is 18.8. The molecule has 4 heteroatoms. The molecule has 2 aromatic rings. The van der Waals surface area contributed by atoms with Crippen LogP contribution >= 0.6 is 11.6 Å². The summed E-state index contributed by atoms with van der Waals surface area (Å²) in [5, 5.41) is 4.15. The van der Waals surface area contributed by atoms with Gasteiger partial charge in [-0.2, -0.15) is 0 Å². The Hall–Kier alpha value is -1.71. The van der Waals surface area contributed by atoms with E-state index in [1.807, 2.05) is 12.1 Å². The Morgan fingerprint density at radius 2 is 1.77 bits per heavy atom. The molecule has 0 radical (unpaired) electrons. The number of aryl methyl sites for hydroxylation is 1. The number of ether oxygens (including phenoxy) is 2. The van der Waals surface area contributed by atoms with Crippen molar-refractivity contribution in [3.63, 3.8) is 0 Å². The quantitative estimate of drug-likeness (QED) is 0.495. The lowest BCUT2D eigenvalue weighted by Crippen LogP contribution is -2.15. The highest BCUT2D eigenvalue weighted by Gasteiger charge is 2.11. The van der Waals surface area contributed by atoms with Gasteiger partial charge in [0.05, 0.1) is 7.11 Å². The van der Waals surface area contributed by atoms with Crippen molar-refractivity contribution < 1.29 is 9.47 Å². The molecular formula is C22H30ClNO2. The SMILES string of the molecule is CCCCCCNCc1cc(OC)c(OCc2ccc(C)cc2)cc1Cl. The van der Waals surface area contributed by atoms with E-state index in [-0.39, 0.29) is 0 Å². The molecule has 2 rings (SSSR count). The zero-order valence-electron chi connectivity index (χ0n) is 16.1. The zero-order valence-corrected chi connectivity index (χ0v) is 16.9. The second-order valence-electron chi connectivity index (χ2n) is 6.61. The third-order valence-electron chi connectivity index (χ3n) is 4.37. The average molecular weight is 376 g/mol. The third kappa shape index (κ3) is 6.54. The van der Waals surface area contributed by atoms with E-state index >= 15 is 0 Å². The largest absolute Gasteiger partial charge is 0.493 e. The predicted molar refractivity (Wildman–Crippen MR) is 109 cm³/mol. The first-order valence-corrected chi connectivity index (χ1v) is 9.77. The first-order chi connectivity index (χ1) is 12.6. The van der Waals surface area contributed by atoms with Gasteiger partial charge in [0.2, 0.25) is 0 Å². The molecule has 26 heavy (non-hydrogen) atoms. The highest BCUT2D eigenvalue weighted by molar-refractivity contribution is 6.31. The second kappa shape index (κ2) is 11.1. The molecule has 0 saturated heterocycles. The molecule has 0 aliphatic heterocycles. The minimum atomic E-state index is 0.488. The van der Waals surface area contributed by atoms with Crippen LogP contribution in [0.1, 0.15) is 49.3 Å². The highest BCUT2D eigenvalue weighted by atomic mass is 35.5. The van der Waals surface area contributed by atoms with Crippen LogP contribution in [0.2, 0.25) is 5.02 Å². The van der Waals surface area contributed by atoms with Gasteiger partial charge in [-0.25, -0.2) is 0 Å². The first kappa shape index (κ1) is 20.6. The summed E-state index contributed by atoms with van der Waals surface area (Å²) in [7, 11) is 1.66. The number of nitrogens with one attached hydrogen (secondary N) is 1. The highest BCUT2D eigenvalue weighted by Crippen LogP contribution is 2.34. The molecule has 0 atom stereocenters. The van der Waals surface area contributed by atoms with Crippen LogP contribution in [0.25, 0.3) is 0 Å². The van der Waals surface area contributed by atoms with Gasteiger partial charge in [0.25, 0.3) is 0 Å². The van der Waals surface area contributed by atoms with E-state index in [0.717, 1.165) is 24.2 Å². The summed E-state index contributed by atoms with van der Waals surface area (Å²) in [5.74, 6) is 1.38. The monoisotopic (exact) mass is 375 g/mol. The molecule has 0 fully saturated rings. The molecule has 0 unspecified atom stereocenters. The van der Waals surface area contributed by atoms with E-state index in [1.54, 1.807) is 7.11 Å². The summed E-state index contributed by atoms with van der Waals surface area (Å²) < 4.78 is 11.4. The Morgan fingerprint density at radius 1 is 1.00 bits per heavy atom. The molecule has 0 aliphatic carbocycles. The Kier molecular flexibility index (Phi) is 8.79. The van der Waals surface area contributed by atoms with Crippen LogP contribution < -0.4 is 14.8 Å². The van der Waals surface area contributed by atoms with Crippen LogP contribution in [-0.4, -0.2) is 13.7 Å². The van der Waals surface area contributed by atoms with Crippen LogP contribution in [0.15, 0.2) is 36.4 Å². The van der Waals surface area contributed by atoms with E-state index in [1.165, 1.54) is 31.2 Å².